The number of aromatic nitrogens is 2. The maximum Gasteiger partial charge on any atom is 0.176 e. The van der Waals surface area contributed by atoms with Crippen molar-refractivity contribution >= 4 is 17.4 Å². The van der Waals surface area contributed by atoms with Crippen molar-refractivity contribution in [2.75, 3.05) is 14.2 Å². The van der Waals surface area contributed by atoms with Crippen LogP contribution in [0, 0.1) is 6.92 Å². The van der Waals surface area contributed by atoms with Gasteiger partial charge in [0.1, 0.15) is 17.1 Å². The first-order valence-corrected chi connectivity index (χ1v) is 6.79. The monoisotopic (exact) mass is 308 g/mol. The number of hydrogen-bond donors (Lipinski definition) is 0. The third kappa shape index (κ3) is 2.88. The molecule has 0 aliphatic carbocycles. The van der Waals surface area contributed by atoms with Crippen molar-refractivity contribution in [2.45, 2.75) is 13.3 Å². The zero-order valence-corrected chi connectivity index (χ0v) is 13.2. The van der Waals surface area contributed by atoms with Crippen LogP contribution in [0.5, 0.6) is 11.5 Å². The number of halogens is 1. The summed E-state index contributed by atoms with van der Waals surface area (Å²) in [5.74, 6) is 0.831. The second-order valence-electron chi connectivity index (χ2n) is 4.61. The summed E-state index contributed by atoms with van der Waals surface area (Å²) < 4.78 is 12.1. The molecule has 0 fully saturated rings. The Balaban J connectivity index is 2.41. The lowest BCUT2D eigenvalue weighted by atomic mass is 10.0. The van der Waals surface area contributed by atoms with Gasteiger partial charge < -0.3 is 9.47 Å². The van der Waals surface area contributed by atoms with Crippen LogP contribution in [0.15, 0.2) is 18.2 Å². The van der Waals surface area contributed by atoms with Gasteiger partial charge in [0.2, 0.25) is 0 Å². The van der Waals surface area contributed by atoms with Gasteiger partial charge in [0, 0.05) is 7.05 Å². The molecule has 6 heteroatoms. The number of benzene rings is 1. The Morgan fingerprint density at radius 3 is 2.29 bits per heavy atom. The normalized spacial score (nSPS) is 10.5. The minimum Gasteiger partial charge on any atom is -0.496 e. The molecule has 112 valence electrons. The van der Waals surface area contributed by atoms with Crippen molar-refractivity contribution in [3.63, 3.8) is 0 Å². The van der Waals surface area contributed by atoms with E-state index in [1.807, 2.05) is 0 Å². The first-order chi connectivity index (χ1) is 9.99. The quantitative estimate of drug-likeness (QED) is 0.797. The van der Waals surface area contributed by atoms with E-state index in [9.17, 15) is 4.79 Å². The molecule has 0 bridgehead atoms. The van der Waals surface area contributed by atoms with E-state index >= 15 is 0 Å². The number of hydrogen-bond acceptors (Lipinski definition) is 4. The lowest BCUT2D eigenvalue weighted by molar-refractivity contribution is 0.0984. The second kappa shape index (κ2) is 6.18. The summed E-state index contributed by atoms with van der Waals surface area (Å²) in [6.07, 6.45) is 0.132. The van der Waals surface area contributed by atoms with Crippen molar-refractivity contribution in [3.8, 4) is 11.5 Å². The number of methoxy groups -OCH3 is 2. The molecule has 0 unspecified atom stereocenters. The van der Waals surface area contributed by atoms with Crippen LogP contribution >= 0.6 is 11.6 Å². The van der Waals surface area contributed by atoms with Gasteiger partial charge in [-0.25, -0.2) is 0 Å². The number of ketones is 1. The molecule has 0 N–H and O–H groups in total. The fraction of sp³-hybridized carbons (Fsp3) is 0.333. The van der Waals surface area contributed by atoms with E-state index in [1.54, 1.807) is 36.9 Å². The lowest BCUT2D eigenvalue weighted by Crippen LogP contribution is -2.11. The fourth-order valence-electron chi connectivity index (χ4n) is 2.24. The van der Waals surface area contributed by atoms with Crippen molar-refractivity contribution < 1.29 is 14.3 Å². The van der Waals surface area contributed by atoms with Gasteiger partial charge in [0.05, 0.1) is 37.1 Å². The van der Waals surface area contributed by atoms with E-state index in [1.165, 1.54) is 14.2 Å². The molecule has 5 nitrogen and oxygen atoms in total. The van der Waals surface area contributed by atoms with Gasteiger partial charge in [-0.05, 0) is 19.1 Å². The van der Waals surface area contributed by atoms with Gasteiger partial charge in [0.15, 0.2) is 5.78 Å². The topological polar surface area (TPSA) is 53.4 Å². The molecule has 0 saturated heterocycles. The highest BCUT2D eigenvalue weighted by Gasteiger charge is 2.22. The molecule has 21 heavy (non-hydrogen) atoms. The van der Waals surface area contributed by atoms with E-state index < -0.39 is 0 Å². The van der Waals surface area contributed by atoms with Gasteiger partial charge in [0.25, 0.3) is 0 Å². The number of carbonyl (C=O) groups is 1. The van der Waals surface area contributed by atoms with Crippen LogP contribution in [0.2, 0.25) is 5.02 Å². The van der Waals surface area contributed by atoms with E-state index in [0.717, 1.165) is 0 Å². The predicted octanol–water partition coefficient (Wildman–Crippen LogP) is 2.82. The average Bonchev–Trinajstić information content (AvgIpc) is 2.72. The van der Waals surface area contributed by atoms with Gasteiger partial charge in [-0.1, -0.05) is 17.7 Å². The second-order valence-corrected chi connectivity index (χ2v) is 4.99. The van der Waals surface area contributed by atoms with Crippen molar-refractivity contribution in [1.82, 2.24) is 9.78 Å². The highest BCUT2D eigenvalue weighted by atomic mass is 35.5. The van der Waals surface area contributed by atoms with Gasteiger partial charge >= 0.3 is 0 Å². The van der Waals surface area contributed by atoms with E-state index in [2.05, 4.69) is 5.10 Å². The summed E-state index contributed by atoms with van der Waals surface area (Å²) in [7, 11) is 4.81. The summed E-state index contributed by atoms with van der Waals surface area (Å²) in [4.78, 5) is 12.6. The number of aryl methyl sites for hydroxylation is 2. The number of carbonyl (C=O) groups excluding carboxylic acids is 1. The zero-order valence-electron chi connectivity index (χ0n) is 12.4. The fourth-order valence-corrected chi connectivity index (χ4v) is 2.47. The molecule has 1 heterocycles. The van der Waals surface area contributed by atoms with E-state index in [-0.39, 0.29) is 12.2 Å². The Bertz CT molecular complexity index is 658. The van der Waals surface area contributed by atoms with Crippen molar-refractivity contribution in [2.24, 2.45) is 7.05 Å². The van der Waals surface area contributed by atoms with E-state index in [0.29, 0.717) is 33.5 Å². The number of nitrogens with zero attached hydrogens (tertiary/aromatic N) is 2. The molecule has 2 rings (SSSR count). The molecular formula is C15H17ClN2O3. The summed E-state index contributed by atoms with van der Waals surface area (Å²) in [5, 5.41) is 4.73. The standard InChI is InChI=1S/C15H17ClN2O3/c1-9-15(16)10(18(2)17-9)8-11(19)14-12(20-3)6-5-7-13(14)21-4/h5-7H,8H2,1-4H3. The first kappa shape index (κ1) is 15.4. The van der Waals surface area contributed by atoms with Gasteiger partial charge in [-0.3, -0.25) is 9.48 Å². The number of ether oxygens (including phenoxy) is 2. The minimum atomic E-state index is -0.130. The van der Waals surface area contributed by atoms with Crippen LogP contribution in [0.1, 0.15) is 21.7 Å². The van der Waals surface area contributed by atoms with Crippen LogP contribution in [-0.2, 0) is 13.5 Å². The Hall–Kier alpha value is -2.01. The Labute approximate surface area is 128 Å². The van der Waals surface area contributed by atoms with Gasteiger partial charge in [-0.15, -0.1) is 0 Å². The van der Waals surface area contributed by atoms with Crippen LogP contribution < -0.4 is 9.47 Å². The largest absolute Gasteiger partial charge is 0.496 e. The molecule has 0 aliphatic rings. The first-order valence-electron chi connectivity index (χ1n) is 6.41. The van der Waals surface area contributed by atoms with Crippen LogP contribution in [0.4, 0.5) is 0 Å². The molecule has 2 aromatic rings. The SMILES string of the molecule is COc1cccc(OC)c1C(=O)Cc1c(Cl)c(C)nn1C. The molecule has 0 spiro atoms. The molecule has 0 atom stereocenters. The van der Waals surface area contributed by atoms with Crippen LogP contribution in [-0.4, -0.2) is 29.8 Å². The Kier molecular flexibility index (Phi) is 4.53. The van der Waals surface area contributed by atoms with Gasteiger partial charge in [-0.2, -0.15) is 5.10 Å². The minimum absolute atomic E-state index is 0.130. The van der Waals surface area contributed by atoms with Crippen LogP contribution in [0.25, 0.3) is 0 Å². The summed E-state index contributed by atoms with van der Waals surface area (Å²) >= 11 is 6.19. The summed E-state index contributed by atoms with van der Waals surface area (Å²) in [5.41, 5.74) is 1.79. The molecule has 1 aromatic heterocycles. The van der Waals surface area contributed by atoms with Crippen molar-refractivity contribution in [3.05, 3.63) is 40.2 Å². The highest BCUT2D eigenvalue weighted by Crippen LogP contribution is 2.30. The summed E-state index contributed by atoms with van der Waals surface area (Å²) in [6.45, 7) is 1.81. The molecule has 0 saturated carbocycles. The molecule has 1 aromatic carbocycles. The molecule has 0 aliphatic heterocycles. The third-order valence-corrected chi connectivity index (χ3v) is 3.79. The third-order valence-electron chi connectivity index (χ3n) is 3.30. The maximum atomic E-state index is 12.6. The summed E-state index contributed by atoms with van der Waals surface area (Å²) in [6, 6.07) is 5.23. The Morgan fingerprint density at radius 1 is 1.29 bits per heavy atom. The van der Waals surface area contributed by atoms with E-state index in [4.69, 9.17) is 21.1 Å². The lowest BCUT2D eigenvalue weighted by Gasteiger charge is -2.12. The predicted molar refractivity (Wildman–Crippen MR) is 80.5 cm³/mol. The number of Topliss-reactive ketones (excluding diaryl/α,β-unsaturated/α-hetero) is 1. The molecule has 0 radical (unpaired) electrons. The molecular weight excluding hydrogens is 292 g/mol. The number of rotatable bonds is 5. The molecule has 0 amide bonds. The smallest absolute Gasteiger partial charge is 0.176 e. The highest BCUT2D eigenvalue weighted by molar-refractivity contribution is 6.32. The maximum absolute atomic E-state index is 12.6. The zero-order chi connectivity index (χ0) is 15.6. The average molecular weight is 309 g/mol. The van der Waals surface area contributed by atoms with Crippen molar-refractivity contribution in [1.29, 1.82) is 0 Å². The Morgan fingerprint density at radius 2 is 1.86 bits per heavy atom. The van der Waals surface area contributed by atoms with Crippen LogP contribution in [0.3, 0.4) is 0 Å².